The Bertz CT molecular complexity index is 675. The number of rotatable bonds is 5. The lowest BCUT2D eigenvalue weighted by molar-refractivity contribution is -0.122. The van der Waals surface area contributed by atoms with Crippen molar-refractivity contribution in [3.8, 4) is 0 Å². The van der Waals surface area contributed by atoms with Crippen LogP contribution in [0.3, 0.4) is 0 Å². The second kappa shape index (κ2) is 7.81. The molecule has 2 unspecified atom stereocenters. The minimum Gasteiger partial charge on any atom is -0.369 e. The molecule has 1 heterocycles. The van der Waals surface area contributed by atoms with Crippen LogP contribution >= 0.6 is 15.9 Å². The van der Waals surface area contributed by atoms with Crippen molar-refractivity contribution in [1.82, 2.24) is 5.32 Å². The summed E-state index contributed by atoms with van der Waals surface area (Å²) in [6.07, 6.45) is 1.51. The Kier molecular flexibility index (Phi) is 5.53. The monoisotopic (exact) mass is 387 g/mol. The second-order valence-electron chi connectivity index (χ2n) is 6.21. The first kappa shape index (κ1) is 17.0. The molecule has 0 bridgehead atoms. The van der Waals surface area contributed by atoms with Gasteiger partial charge in [-0.1, -0.05) is 46.3 Å². The topological polar surface area (TPSA) is 58.4 Å². The van der Waals surface area contributed by atoms with Crippen LogP contribution in [-0.2, 0) is 11.2 Å². The first-order valence-electron chi connectivity index (χ1n) is 8.22. The molecule has 5 heteroatoms. The number of hydrogen-bond donors (Lipinski definition) is 2. The van der Waals surface area contributed by atoms with E-state index in [-0.39, 0.29) is 11.9 Å². The van der Waals surface area contributed by atoms with E-state index in [9.17, 15) is 4.79 Å². The van der Waals surface area contributed by atoms with Crippen molar-refractivity contribution >= 4 is 27.5 Å². The molecule has 0 aromatic heterocycles. The molecule has 4 nitrogen and oxygen atoms in total. The van der Waals surface area contributed by atoms with Crippen LogP contribution in [0.4, 0.5) is 5.69 Å². The fraction of sp³-hybridized carbons (Fsp3) is 0.316. The van der Waals surface area contributed by atoms with E-state index in [2.05, 4.69) is 38.3 Å². The molecule has 0 aliphatic carbocycles. The quantitative estimate of drug-likeness (QED) is 0.828. The number of amides is 1. The van der Waals surface area contributed by atoms with Gasteiger partial charge < -0.3 is 16.0 Å². The average molecular weight is 388 g/mol. The van der Waals surface area contributed by atoms with Crippen LogP contribution in [0.5, 0.6) is 0 Å². The normalized spacial score (nSPS) is 18.4. The molecule has 0 saturated carbocycles. The zero-order chi connectivity index (χ0) is 16.9. The number of nitrogens with zero attached hydrogens (tertiary/aromatic N) is 1. The van der Waals surface area contributed by atoms with Crippen LogP contribution in [0.1, 0.15) is 12.0 Å². The van der Waals surface area contributed by atoms with Crippen molar-refractivity contribution in [2.24, 2.45) is 5.73 Å². The van der Waals surface area contributed by atoms with Crippen molar-refractivity contribution in [2.45, 2.75) is 24.9 Å². The number of nitrogens with one attached hydrogen (secondary N) is 1. The van der Waals surface area contributed by atoms with Gasteiger partial charge in [0.05, 0.1) is 6.04 Å². The third-order valence-electron chi connectivity index (χ3n) is 4.36. The summed E-state index contributed by atoms with van der Waals surface area (Å²) >= 11 is 3.45. The Labute approximate surface area is 151 Å². The van der Waals surface area contributed by atoms with E-state index in [0.29, 0.717) is 6.42 Å². The Morgan fingerprint density at radius 3 is 2.62 bits per heavy atom. The van der Waals surface area contributed by atoms with Gasteiger partial charge in [-0.2, -0.15) is 0 Å². The molecular weight excluding hydrogens is 366 g/mol. The molecule has 1 fully saturated rings. The third-order valence-corrected chi connectivity index (χ3v) is 4.89. The second-order valence-corrected chi connectivity index (χ2v) is 7.13. The summed E-state index contributed by atoms with van der Waals surface area (Å²) in [6, 6.07) is 17.8. The predicted molar refractivity (Wildman–Crippen MR) is 101 cm³/mol. The van der Waals surface area contributed by atoms with Gasteiger partial charge in [-0.05, 0) is 42.7 Å². The van der Waals surface area contributed by atoms with Gasteiger partial charge in [0.15, 0.2) is 0 Å². The largest absolute Gasteiger partial charge is 0.369 e. The van der Waals surface area contributed by atoms with E-state index in [4.69, 9.17) is 5.73 Å². The molecule has 0 spiro atoms. The van der Waals surface area contributed by atoms with Crippen LogP contribution < -0.4 is 16.0 Å². The zero-order valence-corrected chi connectivity index (χ0v) is 15.1. The lowest BCUT2D eigenvalue weighted by atomic mass is 10.1. The smallest absolute Gasteiger partial charge is 0.237 e. The van der Waals surface area contributed by atoms with Crippen molar-refractivity contribution in [3.05, 3.63) is 64.6 Å². The summed E-state index contributed by atoms with van der Waals surface area (Å²) in [5.41, 5.74) is 8.33. The highest BCUT2D eigenvalue weighted by Crippen LogP contribution is 2.22. The SMILES string of the molecule is NC(Cc1ccccc1)C(=O)NC1CCN(c2ccc(Br)cc2)C1. The number of nitrogens with two attached hydrogens (primary N) is 1. The van der Waals surface area contributed by atoms with E-state index >= 15 is 0 Å². The van der Waals surface area contributed by atoms with Gasteiger partial charge in [-0.3, -0.25) is 4.79 Å². The molecule has 1 aliphatic heterocycles. The molecule has 3 N–H and O–H groups in total. The third kappa shape index (κ3) is 4.36. The van der Waals surface area contributed by atoms with E-state index in [1.807, 2.05) is 42.5 Å². The van der Waals surface area contributed by atoms with Gasteiger partial charge in [0, 0.05) is 29.3 Å². The highest BCUT2D eigenvalue weighted by atomic mass is 79.9. The molecular formula is C19H22BrN3O. The lowest BCUT2D eigenvalue weighted by Gasteiger charge is -2.20. The van der Waals surface area contributed by atoms with Crippen LogP contribution in [0, 0.1) is 0 Å². The van der Waals surface area contributed by atoms with Gasteiger partial charge in [-0.25, -0.2) is 0 Å². The standard InChI is InChI=1S/C19H22BrN3O/c20-15-6-8-17(9-7-15)23-11-10-16(13-23)22-19(24)18(21)12-14-4-2-1-3-5-14/h1-9,16,18H,10-13,21H2,(H,22,24). The molecule has 1 amide bonds. The highest BCUT2D eigenvalue weighted by Gasteiger charge is 2.25. The number of hydrogen-bond acceptors (Lipinski definition) is 3. The van der Waals surface area contributed by atoms with E-state index < -0.39 is 6.04 Å². The van der Waals surface area contributed by atoms with Crippen LogP contribution in [0.25, 0.3) is 0 Å². The number of carbonyl (C=O) groups is 1. The maximum atomic E-state index is 12.3. The summed E-state index contributed by atoms with van der Waals surface area (Å²) < 4.78 is 1.07. The van der Waals surface area contributed by atoms with Gasteiger partial charge in [0.1, 0.15) is 0 Å². The molecule has 24 heavy (non-hydrogen) atoms. The van der Waals surface area contributed by atoms with E-state index in [1.54, 1.807) is 0 Å². The van der Waals surface area contributed by atoms with Crippen molar-refractivity contribution in [2.75, 3.05) is 18.0 Å². The Morgan fingerprint density at radius 1 is 1.21 bits per heavy atom. The first-order valence-corrected chi connectivity index (χ1v) is 9.01. The Balaban J connectivity index is 1.51. The van der Waals surface area contributed by atoms with Gasteiger partial charge in [0.25, 0.3) is 0 Å². The van der Waals surface area contributed by atoms with Gasteiger partial charge in [0.2, 0.25) is 5.91 Å². The summed E-state index contributed by atoms with van der Waals surface area (Å²) in [7, 11) is 0. The molecule has 2 atom stereocenters. The van der Waals surface area contributed by atoms with Crippen molar-refractivity contribution in [1.29, 1.82) is 0 Å². The molecule has 2 aromatic rings. The molecule has 1 saturated heterocycles. The predicted octanol–water partition coefficient (Wildman–Crippen LogP) is 2.71. The Morgan fingerprint density at radius 2 is 1.92 bits per heavy atom. The molecule has 1 aliphatic rings. The van der Waals surface area contributed by atoms with Crippen LogP contribution in [-0.4, -0.2) is 31.1 Å². The van der Waals surface area contributed by atoms with E-state index in [0.717, 1.165) is 29.5 Å². The first-order chi connectivity index (χ1) is 11.6. The molecule has 2 aromatic carbocycles. The van der Waals surface area contributed by atoms with Crippen LogP contribution in [0.2, 0.25) is 0 Å². The summed E-state index contributed by atoms with van der Waals surface area (Å²) in [5, 5.41) is 3.10. The number of benzene rings is 2. The van der Waals surface area contributed by atoms with Crippen LogP contribution in [0.15, 0.2) is 59.1 Å². The maximum absolute atomic E-state index is 12.3. The minimum absolute atomic E-state index is 0.0680. The molecule has 0 radical (unpaired) electrons. The lowest BCUT2D eigenvalue weighted by Crippen LogP contribution is -2.47. The van der Waals surface area contributed by atoms with Crippen molar-refractivity contribution in [3.63, 3.8) is 0 Å². The van der Waals surface area contributed by atoms with Gasteiger partial charge in [-0.15, -0.1) is 0 Å². The zero-order valence-electron chi connectivity index (χ0n) is 13.5. The molecule has 126 valence electrons. The summed E-state index contributed by atoms with van der Waals surface area (Å²) in [5.74, 6) is -0.0680. The maximum Gasteiger partial charge on any atom is 0.237 e. The number of carbonyl (C=O) groups excluding carboxylic acids is 1. The average Bonchev–Trinajstić information content (AvgIpc) is 3.05. The summed E-state index contributed by atoms with van der Waals surface area (Å²) in [4.78, 5) is 14.6. The molecule has 3 rings (SSSR count). The number of halogens is 1. The van der Waals surface area contributed by atoms with Crippen molar-refractivity contribution < 1.29 is 4.79 Å². The minimum atomic E-state index is -0.505. The highest BCUT2D eigenvalue weighted by molar-refractivity contribution is 9.10. The van der Waals surface area contributed by atoms with E-state index in [1.165, 1.54) is 5.69 Å². The van der Waals surface area contributed by atoms with Gasteiger partial charge >= 0.3 is 0 Å². The fourth-order valence-corrected chi connectivity index (χ4v) is 3.30. The summed E-state index contributed by atoms with van der Waals surface area (Å²) in [6.45, 7) is 1.77. The number of anilines is 1. The Hall–Kier alpha value is -1.85. The fourth-order valence-electron chi connectivity index (χ4n) is 3.03.